The lowest BCUT2D eigenvalue weighted by molar-refractivity contribution is 0.121. The predicted octanol–water partition coefficient (Wildman–Crippen LogP) is 2.81. The highest BCUT2D eigenvalue weighted by atomic mass is 15.2. The summed E-state index contributed by atoms with van der Waals surface area (Å²) in [6.07, 6.45) is 4.66. The Morgan fingerprint density at radius 2 is 2.24 bits per heavy atom. The summed E-state index contributed by atoms with van der Waals surface area (Å²) in [6.45, 7) is 6.88. The van der Waals surface area contributed by atoms with Gasteiger partial charge in [-0.1, -0.05) is 12.1 Å². The molecule has 21 heavy (non-hydrogen) atoms. The van der Waals surface area contributed by atoms with Gasteiger partial charge in [-0.2, -0.15) is 0 Å². The number of rotatable bonds is 3. The van der Waals surface area contributed by atoms with Crippen LogP contribution < -0.4 is 5.32 Å². The fraction of sp³-hybridized carbons (Fsp3) is 0.500. The molecule has 2 heterocycles. The molecule has 0 amide bonds. The molecule has 0 bridgehead atoms. The average Bonchev–Trinajstić information content (AvgIpc) is 3.32. The van der Waals surface area contributed by atoms with Crippen molar-refractivity contribution in [1.29, 1.82) is 0 Å². The first-order chi connectivity index (χ1) is 10.2. The number of nitrogens with one attached hydrogen (secondary N) is 1. The zero-order chi connectivity index (χ0) is 14.3. The number of fused-ring (bicyclic) bond motifs is 1. The Morgan fingerprint density at radius 3 is 3.10 bits per heavy atom. The first-order valence-electron chi connectivity index (χ1n) is 8.04. The molecule has 0 spiro atoms. The van der Waals surface area contributed by atoms with Crippen molar-refractivity contribution in [2.45, 2.75) is 31.8 Å². The third-order valence-corrected chi connectivity index (χ3v) is 5.06. The fourth-order valence-corrected chi connectivity index (χ4v) is 3.71. The van der Waals surface area contributed by atoms with E-state index in [9.17, 15) is 0 Å². The third-order valence-electron chi connectivity index (χ3n) is 5.06. The largest absolute Gasteiger partial charge is 0.309 e. The molecule has 110 valence electrons. The van der Waals surface area contributed by atoms with Crippen LogP contribution in [0.15, 0.2) is 36.5 Å². The maximum absolute atomic E-state index is 4.40. The first-order valence-corrected chi connectivity index (χ1v) is 8.04. The second-order valence-electron chi connectivity index (χ2n) is 6.86. The van der Waals surface area contributed by atoms with Crippen LogP contribution in [0.25, 0.3) is 10.9 Å². The average molecular weight is 281 g/mol. The molecule has 2 fully saturated rings. The third kappa shape index (κ3) is 2.68. The van der Waals surface area contributed by atoms with Gasteiger partial charge in [-0.15, -0.1) is 0 Å². The van der Waals surface area contributed by atoms with Crippen molar-refractivity contribution in [1.82, 2.24) is 15.2 Å². The van der Waals surface area contributed by atoms with Crippen LogP contribution in [0.4, 0.5) is 0 Å². The van der Waals surface area contributed by atoms with Crippen molar-refractivity contribution in [2.75, 3.05) is 19.6 Å². The normalized spacial score (nSPS) is 27.1. The predicted molar refractivity (Wildman–Crippen MR) is 86.2 cm³/mol. The number of piperazine rings is 1. The topological polar surface area (TPSA) is 28.2 Å². The van der Waals surface area contributed by atoms with Crippen LogP contribution in [-0.2, 0) is 6.54 Å². The molecule has 1 aliphatic heterocycles. The summed E-state index contributed by atoms with van der Waals surface area (Å²) in [4.78, 5) is 7.00. The Bertz CT molecular complexity index is 650. The molecule has 2 aromatic rings. The zero-order valence-electron chi connectivity index (χ0n) is 12.7. The fourth-order valence-electron chi connectivity index (χ4n) is 3.71. The Morgan fingerprint density at radius 1 is 1.33 bits per heavy atom. The molecule has 1 saturated carbocycles. The lowest BCUT2D eigenvalue weighted by Crippen LogP contribution is -2.59. The molecule has 1 saturated heterocycles. The minimum absolute atomic E-state index is 0.330. The summed E-state index contributed by atoms with van der Waals surface area (Å²) in [5.41, 5.74) is 2.82. The summed E-state index contributed by atoms with van der Waals surface area (Å²) in [5.74, 6) is 0.890. The molecular weight excluding hydrogens is 258 g/mol. The quantitative estimate of drug-likeness (QED) is 0.937. The van der Waals surface area contributed by atoms with E-state index in [-0.39, 0.29) is 0 Å². The maximum atomic E-state index is 4.40. The number of hydrogen-bond acceptors (Lipinski definition) is 3. The maximum Gasteiger partial charge on any atom is 0.0702 e. The molecule has 1 atom stereocenters. The van der Waals surface area contributed by atoms with Gasteiger partial charge in [0.2, 0.25) is 0 Å². The Balaban J connectivity index is 1.51. The first kappa shape index (κ1) is 13.2. The van der Waals surface area contributed by atoms with Crippen LogP contribution in [0.1, 0.15) is 25.3 Å². The van der Waals surface area contributed by atoms with Gasteiger partial charge in [0.25, 0.3) is 0 Å². The number of nitrogens with zero attached hydrogens (tertiary/aromatic N) is 2. The minimum Gasteiger partial charge on any atom is -0.309 e. The molecule has 3 heteroatoms. The highest BCUT2D eigenvalue weighted by molar-refractivity contribution is 5.78. The number of benzene rings is 1. The minimum atomic E-state index is 0.330. The van der Waals surface area contributed by atoms with E-state index in [1.54, 1.807) is 0 Å². The summed E-state index contributed by atoms with van der Waals surface area (Å²) in [7, 11) is 0. The van der Waals surface area contributed by atoms with Gasteiger partial charge in [0, 0.05) is 43.3 Å². The van der Waals surface area contributed by atoms with E-state index in [0.717, 1.165) is 31.1 Å². The molecule has 1 aromatic heterocycles. The monoisotopic (exact) mass is 281 g/mol. The number of hydrogen-bond donors (Lipinski definition) is 1. The van der Waals surface area contributed by atoms with Gasteiger partial charge >= 0.3 is 0 Å². The van der Waals surface area contributed by atoms with Gasteiger partial charge in [0.05, 0.1) is 5.52 Å². The summed E-state index contributed by atoms with van der Waals surface area (Å²) >= 11 is 0. The molecule has 1 N–H and O–H groups in total. The van der Waals surface area contributed by atoms with Gasteiger partial charge in [-0.05, 0) is 49.4 Å². The summed E-state index contributed by atoms with van der Waals surface area (Å²) < 4.78 is 0. The van der Waals surface area contributed by atoms with Gasteiger partial charge in [-0.3, -0.25) is 9.88 Å². The Hall–Kier alpha value is -1.45. The van der Waals surface area contributed by atoms with Crippen molar-refractivity contribution >= 4 is 10.9 Å². The van der Waals surface area contributed by atoms with Crippen LogP contribution in [0.2, 0.25) is 0 Å². The second-order valence-corrected chi connectivity index (χ2v) is 6.86. The number of pyridine rings is 1. The van der Waals surface area contributed by atoms with E-state index < -0.39 is 0 Å². The lowest BCUT2D eigenvalue weighted by Gasteiger charge is -2.42. The zero-order valence-corrected chi connectivity index (χ0v) is 12.7. The highest BCUT2D eigenvalue weighted by Crippen LogP contribution is 2.40. The molecule has 1 unspecified atom stereocenters. The SMILES string of the molecule is CC1(C2CC2)CN(Cc2ccc3ncccc3c2)CCN1. The van der Waals surface area contributed by atoms with Crippen LogP contribution >= 0.6 is 0 Å². The van der Waals surface area contributed by atoms with E-state index in [1.807, 2.05) is 12.3 Å². The highest BCUT2D eigenvalue weighted by Gasteiger charge is 2.43. The van der Waals surface area contributed by atoms with Gasteiger partial charge < -0.3 is 5.32 Å². The van der Waals surface area contributed by atoms with E-state index in [1.165, 1.54) is 30.3 Å². The smallest absolute Gasteiger partial charge is 0.0702 e. The van der Waals surface area contributed by atoms with E-state index in [2.05, 4.69) is 46.4 Å². The van der Waals surface area contributed by atoms with E-state index >= 15 is 0 Å². The molecule has 3 nitrogen and oxygen atoms in total. The molecule has 1 aliphatic carbocycles. The summed E-state index contributed by atoms with van der Waals surface area (Å²) in [5, 5.41) is 5.00. The van der Waals surface area contributed by atoms with Gasteiger partial charge in [0.1, 0.15) is 0 Å². The van der Waals surface area contributed by atoms with Crippen molar-refractivity contribution in [3.05, 3.63) is 42.1 Å². The van der Waals surface area contributed by atoms with E-state index in [0.29, 0.717) is 5.54 Å². The lowest BCUT2D eigenvalue weighted by atomic mass is 9.92. The van der Waals surface area contributed by atoms with Crippen LogP contribution in [-0.4, -0.2) is 35.1 Å². The van der Waals surface area contributed by atoms with Crippen LogP contribution in [0.5, 0.6) is 0 Å². The molecule has 1 aromatic carbocycles. The van der Waals surface area contributed by atoms with Crippen molar-refractivity contribution in [2.24, 2.45) is 5.92 Å². The second kappa shape index (κ2) is 5.08. The molecule has 0 radical (unpaired) electrons. The van der Waals surface area contributed by atoms with E-state index in [4.69, 9.17) is 0 Å². The van der Waals surface area contributed by atoms with Crippen molar-refractivity contribution < 1.29 is 0 Å². The summed E-state index contributed by atoms with van der Waals surface area (Å²) in [6, 6.07) is 10.8. The Kier molecular flexibility index (Phi) is 3.20. The van der Waals surface area contributed by atoms with Gasteiger partial charge in [0.15, 0.2) is 0 Å². The van der Waals surface area contributed by atoms with Crippen molar-refractivity contribution in [3.63, 3.8) is 0 Å². The Labute approximate surface area is 126 Å². The standard InChI is InChI=1S/C18H23N3/c1-18(16-5-6-16)13-21(10-9-20-18)12-14-4-7-17-15(11-14)3-2-8-19-17/h2-4,7-8,11,16,20H,5-6,9-10,12-13H2,1H3. The van der Waals surface area contributed by atoms with Crippen LogP contribution in [0, 0.1) is 5.92 Å². The molecule has 2 aliphatic rings. The van der Waals surface area contributed by atoms with Crippen molar-refractivity contribution in [3.8, 4) is 0 Å². The molecular formula is C18H23N3. The number of aromatic nitrogens is 1. The van der Waals surface area contributed by atoms with Crippen LogP contribution in [0.3, 0.4) is 0 Å². The van der Waals surface area contributed by atoms with Gasteiger partial charge in [-0.25, -0.2) is 0 Å². The molecule has 4 rings (SSSR count).